The number of hydrogen-bond acceptors (Lipinski definition) is 3. The third-order valence-corrected chi connectivity index (χ3v) is 5.82. The molecule has 25 heavy (non-hydrogen) atoms. The molecule has 1 aromatic rings. The summed E-state index contributed by atoms with van der Waals surface area (Å²) in [5, 5.41) is 3.57. The minimum absolute atomic E-state index is 0.141. The van der Waals surface area contributed by atoms with Gasteiger partial charge in [-0.05, 0) is 37.2 Å². The molecule has 0 spiro atoms. The van der Waals surface area contributed by atoms with E-state index >= 15 is 0 Å². The number of carbonyl (C=O) groups excluding carboxylic acids is 1. The van der Waals surface area contributed by atoms with Crippen molar-refractivity contribution >= 4 is 5.91 Å². The lowest BCUT2D eigenvalue weighted by atomic mass is 9.74. The molecule has 4 nitrogen and oxygen atoms in total. The minimum Gasteiger partial charge on any atom is -0.381 e. The van der Waals surface area contributed by atoms with Crippen LogP contribution < -0.4 is 5.32 Å². The van der Waals surface area contributed by atoms with E-state index in [1.807, 2.05) is 0 Å². The molecule has 2 heterocycles. The van der Waals surface area contributed by atoms with Crippen LogP contribution in [0.4, 0.5) is 0 Å². The van der Waals surface area contributed by atoms with Gasteiger partial charge in [-0.15, -0.1) is 0 Å². The van der Waals surface area contributed by atoms with Crippen molar-refractivity contribution in [3.05, 3.63) is 35.9 Å². The van der Waals surface area contributed by atoms with E-state index in [1.165, 1.54) is 12.0 Å². The van der Waals surface area contributed by atoms with Crippen LogP contribution in [0.2, 0.25) is 0 Å². The first-order valence-corrected chi connectivity index (χ1v) is 9.81. The van der Waals surface area contributed by atoms with E-state index in [4.69, 9.17) is 4.74 Å². The largest absolute Gasteiger partial charge is 0.381 e. The van der Waals surface area contributed by atoms with Crippen LogP contribution in [-0.4, -0.2) is 50.2 Å². The number of nitrogens with zero attached hydrogens (tertiary/aromatic N) is 1. The van der Waals surface area contributed by atoms with Crippen LogP contribution in [0, 0.1) is 5.92 Å². The molecular formula is C21H32N2O2. The second-order valence-corrected chi connectivity index (χ2v) is 7.77. The summed E-state index contributed by atoms with van der Waals surface area (Å²) >= 11 is 0. The summed E-state index contributed by atoms with van der Waals surface area (Å²) in [7, 11) is 0. The molecule has 0 aliphatic carbocycles. The first-order valence-electron chi connectivity index (χ1n) is 9.81. The van der Waals surface area contributed by atoms with Crippen molar-refractivity contribution in [3.63, 3.8) is 0 Å². The average molecular weight is 344 g/mol. The molecule has 0 bridgehead atoms. The van der Waals surface area contributed by atoms with Gasteiger partial charge < -0.3 is 15.0 Å². The molecule has 1 N–H and O–H groups in total. The fourth-order valence-corrected chi connectivity index (χ4v) is 4.22. The first-order chi connectivity index (χ1) is 12.2. The summed E-state index contributed by atoms with van der Waals surface area (Å²) in [6.45, 7) is 7.44. The maximum atomic E-state index is 12.4. The minimum atomic E-state index is 0.141. The van der Waals surface area contributed by atoms with Gasteiger partial charge in [0.1, 0.15) is 0 Å². The zero-order valence-corrected chi connectivity index (χ0v) is 15.5. The lowest BCUT2D eigenvalue weighted by Gasteiger charge is -2.38. The highest BCUT2D eigenvalue weighted by Crippen LogP contribution is 2.34. The molecular weight excluding hydrogens is 312 g/mol. The van der Waals surface area contributed by atoms with E-state index in [9.17, 15) is 4.79 Å². The quantitative estimate of drug-likeness (QED) is 0.807. The van der Waals surface area contributed by atoms with Gasteiger partial charge in [-0.3, -0.25) is 4.79 Å². The summed E-state index contributed by atoms with van der Waals surface area (Å²) < 4.78 is 5.59. The Morgan fingerprint density at radius 1 is 1.28 bits per heavy atom. The molecule has 0 radical (unpaired) electrons. The van der Waals surface area contributed by atoms with Gasteiger partial charge in [-0.25, -0.2) is 0 Å². The Bertz CT molecular complexity index is 540. The van der Waals surface area contributed by atoms with Crippen molar-refractivity contribution in [1.29, 1.82) is 0 Å². The smallest absolute Gasteiger partial charge is 0.223 e. The molecule has 4 heteroatoms. The summed E-state index contributed by atoms with van der Waals surface area (Å²) in [5.41, 5.74) is 1.53. The number of benzene rings is 1. The number of piperidine rings is 1. The summed E-state index contributed by atoms with van der Waals surface area (Å²) in [4.78, 5) is 14.5. The third-order valence-electron chi connectivity index (χ3n) is 5.82. The van der Waals surface area contributed by atoms with Crippen LogP contribution in [0.15, 0.2) is 30.3 Å². The fourth-order valence-electron chi connectivity index (χ4n) is 4.22. The van der Waals surface area contributed by atoms with Gasteiger partial charge in [-0.2, -0.15) is 0 Å². The van der Waals surface area contributed by atoms with Gasteiger partial charge in [-0.1, -0.05) is 37.3 Å². The zero-order chi connectivity index (χ0) is 17.5. The highest BCUT2D eigenvalue weighted by molar-refractivity contribution is 5.76. The van der Waals surface area contributed by atoms with Gasteiger partial charge >= 0.3 is 0 Å². The number of ether oxygens (including phenoxy) is 1. The number of carbonyl (C=O) groups is 1. The molecule has 0 unspecified atom stereocenters. The van der Waals surface area contributed by atoms with E-state index < -0.39 is 0 Å². The van der Waals surface area contributed by atoms with Crippen molar-refractivity contribution in [2.24, 2.45) is 5.92 Å². The van der Waals surface area contributed by atoms with Gasteiger partial charge in [0.05, 0.1) is 0 Å². The monoisotopic (exact) mass is 344 g/mol. The molecule has 0 saturated carbocycles. The Morgan fingerprint density at radius 2 is 2.04 bits per heavy atom. The van der Waals surface area contributed by atoms with Crippen LogP contribution in [0.5, 0.6) is 0 Å². The fraction of sp³-hybridized carbons (Fsp3) is 0.667. The number of rotatable bonds is 6. The van der Waals surface area contributed by atoms with E-state index in [1.54, 1.807) is 0 Å². The predicted octanol–water partition coefficient (Wildman–Crippen LogP) is 2.97. The van der Waals surface area contributed by atoms with Crippen molar-refractivity contribution in [2.75, 3.05) is 39.4 Å². The van der Waals surface area contributed by atoms with Crippen LogP contribution in [0.25, 0.3) is 0 Å². The first kappa shape index (κ1) is 18.4. The second kappa shape index (κ2) is 8.81. The lowest BCUT2D eigenvalue weighted by molar-refractivity contribution is -0.132. The Kier molecular flexibility index (Phi) is 6.49. The molecule has 1 aromatic carbocycles. The molecule has 3 rings (SSSR count). The average Bonchev–Trinajstić information content (AvgIpc) is 2.66. The SMILES string of the molecule is C[C@@H]1CCCN(C(=O)CCNCC2(c3ccccc3)CCOCC2)C1. The van der Waals surface area contributed by atoms with Crippen LogP contribution in [-0.2, 0) is 14.9 Å². The summed E-state index contributed by atoms with van der Waals surface area (Å²) in [5.74, 6) is 0.953. The van der Waals surface area contributed by atoms with E-state index in [0.717, 1.165) is 58.7 Å². The number of nitrogens with one attached hydrogen (secondary N) is 1. The Labute approximate surface area is 151 Å². The van der Waals surface area contributed by atoms with Crippen molar-refractivity contribution in [3.8, 4) is 0 Å². The molecule has 2 fully saturated rings. The van der Waals surface area contributed by atoms with Crippen molar-refractivity contribution < 1.29 is 9.53 Å². The molecule has 0 aromatic heterocycles. The third kappa shape index (κ3) is 4.83. The normalized spacial score (nSPS) is 23.4. The highest BCUT2D eigenvalue weighted by atomic mass is 16.5. The lowest BCUT2D eigenvalue weighted by Crippen LogP contribution is -2.44. The van der Waals surface area contributed by atoms with Crippen LogP contribution in [0.3, 0.4) is 0 Å². The van der Waals surface area contributed by atoms with Gasteiger partial charge in [0.25, 0.3) is 0 Å². The standard InChI is InChI=1S/C21H32N2O2/c1-18-6-5-13-23(16-18)20(24)9-12-22-17-21(10-14-25-15-11-21)19-7-3-2-4-8-19/h2-4,7-8,18,22H,5-6,9-17H2,1H3/t18-/m1/s1. The van der Waals surface area contributed by atoms with Gasteiger partial charge in [0.15, 0.2) is 0 Å². The van der Waals surface area contributed by atoms with Crippen LogP contribution in [0.1, 0.15) is 44.6 Å². The molecule has 2 saturated heterocycles. The van der Waals surface area contributed by atoms with E-state index in [-0.39, 0.29) is 5.41 Å². The van der Waals surface area contributed by atoms with Gasteiger partial charge in [0.2, 0.25) is 5.91 Å². The molecule has 138 valence electrons. The van der Waals surface area contributed by atoms with Crippen molar-refractivity contribution in [1.82, 2.24) is 10.2 Å². The van der Waals surface area contributed by atoms with Crippen molar-refractivity contribution in [2.45, 2.75) is 44.4 Å². The predicted molar refractivity (Wildman–Crippen MR) is 101 cm³/mol. The summed E-state index contributed by atoms with van der Waals surface area (Å²) in [6, 6.07) is 10.8. The Morgan fingerprint density at radius 3 is 2.76 bits per heavy atom. The van der Waals surface area contributed by atoms with Gasteiger partial charge in [0, 0.05) is 51.2 Å². The highest BCUT2D eigenvalue weighted by Gasteiger charge is 2.34. The maximum Gasteiger partial charge on any atom is 0.223 e. The molecule has 1 amide bonds. The number of hydrogen-bond donors (Lipinski definition) is 1. The zero-order valence-electron chi connectivity index (χ0n) is 15.5. The van der Waals surface area contributed by atoms with E-state index in [2.05, 4.69) is 47.5 Å². The Balaban J connectivity index is 1.49. The number of amides is 1. The van der Waals surface area contributed by atoms with E-state index in [0.29, 0.717) is 18.2 Å². The second-order valence-electron chi connectivity index (χ2n) is 7.77. The maximum absolute atomic E-state index is 12.4. The number of likely N-dealkylation sites (tertiary alicyclic amines) is 1. The van der Waals surface area contributed by atoms with Crippen LogP contribution >= 0.6 is 0 Å². The topological polar surface area (TPSA) is 41.6 Å². The summed E-state index contributed by atoms with van der Waals surface area (Å²) in [6.07, 6.45) is 5.10. The molecule has 1 atom stereocenters. The Hall–Kier alpha value is -1.39. The molecule has 2 aliphatic heterocycles. The molecule has 2 aliphatic rings.